The summed E-state index contributed by atoms with van der Waals surface area (Å²) in [5.74, 6) is 0.0913. The first-order chi connectivity index (χ1) is 7.23. The molecule has 1 aliphatic rings. The fourth-order valence-corrected chi connectivity index (χ4v) is 2.04. The number of benzene rings is 1. The molecule has 0 spiro atoms. The van der Waals surface area contributed by atoms with Gasteiger partial charge in [0, 0.05) is 5.69 Å². The minimum Gasteiger partial charge on any atom is -0.325 e. The van der Waals surface area contributed by atoms with Gasteiger partial charge < -0.3 is 5.32 Å². The van der Waals surface area contributed by atoms with Crippen LogP contribution in [0.2, 0.25) is 0 Å². The van der Waals surface area contributed by atoms with Crippen molar-refractivity contribution in [3.63, 3.8) is 0 Å². The SMILES string of the molecule is CC(C)(C)c1ccc2c(c1)C(C)(C)C(=O)N2. The molecule has 2 nitrogen and oxygen atoms in total. The van der Waals surface area contributed by atoms with E-state index >= 15 is 0 Å². The third kappa shape index (κ3) is 1.53. The van der Waals surface area contributed by atoms with Crippen LogP contribution in [0, 0.1) is 0 Å². The van der Waals surface area contributed by atoms with Crippen LogP contribution in [0.25, 0.3) is 0 Å². The Balaban J connectivity index is 2.57. The van der Waals surface area contributed by atoms with E-state index in [1.54, 1.807) is 0 Å². The monoisotopic (exact) mass is 217 g/mol. The summed E-state index contributed by atoms with van der Waals surface area (Å²) >= 11 is 0. The fraction of sp³-hybridized carbons (Fsp3) is 0.500. The molecule has 86 valence electrons. The summed E-state index contributed by atoms with van der Waals surface area (Å²) in [6.45, 7) is 10.5. The molecule has 1 aromatic carbocycles. The van der Waals surface area contributed by atoms with Crippen LogP contribution < -0.4 is 5.32 Å². The molecular formula is C14H19NO. The Morgan fingerprint density at radius 2 is 1.81 bits per heavy atom. The molecule has 2 rings (SSSR count). The molecule has 0 saturated carbocycles. The quantitative estimate of drug-likeness (QED) is 0.710. The van der Waals surface area contributed by atoms with E-state index in [-0.39, 0.29) is 11.3 Å². The van der Waals surface area contributed by atoms with E-state index in [0.717, 1.165) is 11.3 Å². The lowest BCUT2D eigenvalue weighted by atomic mass is 9.80. The highest BCUT2D eigenvalue weighted by Gasteiger charge is 2.38. The summed E-state index contributed by atoms with van der Waals surface area (Å²) in [5.41, 5.74) is 3.07. The van der Waals surface area contributed by atoms with E-state index in [0.29, 0.717) is 0 Å². The zero-order valence-electron chi connectivity index (χ0n) is 10.6. The van der Waals surface area contributed by atoms with Gasteiger partial charge in [0.15, 0.2) is 0 Å². The molecule has 1 heterocycles. The van der Waals surface area contributed by atoms with Gasteiger partial charge in [0.1, 0.15) is 0 Å². The van der Waals surface area contributed by atoms with Crippen molar-refractivity contribution in [2.24, 2.45) is 0 Å². The van der Waals surface area contributed by atoms with Gasteiger partial charge in [-0.25, -0.2) is 0 Å². The largest absolute Gasteiger partial charge is 0.325 e. The summed E-state index contributed by atoms with van der Waals surface area (Å²) in [4.78, 5) is 11.8. The van der Waals surface area contributed by atoms with Crippen LogP contribution in [0.15, 0.2) is 18.2 Å². The molecule has 0 atom stereocenters. The molecule has 0 saturated heterocycles. The van der Waals surface area contributed by atoms with Gasteiger partial charge in [-0.1, -0.05) is 32.9 Å². The van der Waals surface area contributed by atoms with E-state index in [1.807, 2.05) is 19.9 Å². The second-order valence-electron chi connectivity index (χ2n) is 6.09. The molecule has 1 N–H and O–H groups in total. The van der Waals surface area contributed by atoms with Gasteiger partial charge in [-0.3, -0.25) is 4.79 Å². The van der Waals surface area contributed by atoms with Gasteiger partial charge in [-0.05, 0) is 36.5 Å². The second-order valence-corrected chi connectivity index (χ2v) is 6.09. The molecule has 1 aliphatic heterocycles. The maximum Gasteiger partial charge on any atom is 0.234 e. The van der Waals surface area contributed by atoms with E-state index in [4.69, 9.17) is 0 Å². The smallest absolute Gasteiger partial charge is 0.234 e. The van der Waals surface area contributed by atoms with Gasteiger partial charge >= 0.3 is 0 Å². The average Bonchev–Trinajstić information content (AvgIpc) is 2.37. The average molecular weight is 217 g/mol. The van der Waals surface area contributed by atoms with E-state index in [1.165, 1.54) is 5.56 Å². The molecule has 0 bridgehead atoms. The zero-order chi connectivity index (χ0) is 12.1. The van der Waals surface area contributed by atoms with Gasteiger partial charge in [0.2, 0.25) is 5.91 Å². The van der Waals surface area contributed by atoms with Gasteiger partial charge in [-0.15, -0.1) is 0 Å². The summed E-state index contributed by atoms with van der Waals surface area (Å²) in [5, 5.41) is 2.93. The molecule has 0 fully saturated rings. The first-order valence-electron chi connectivity index (χ1n) is 5.69. The number of carbonyl (C=O) groups is 1. The van der Waals surface area contributed by atoms with Crippen LogP contribution in [0.3, 0.4) is 0 Å². The van der Waals surface area contributed by atoms with Crippen molar-refractivity contribution in [3.8, 4) is 0 Å². The van der Waals surface area contributed by atoms with E-state index < -0.39 is 5.41 Å². The lowest BCUT2D eigenvalue weighted by Gasteiger charge is -2.22. The summed E-state index contributed by atoms with van der Waals surface area (Å²) < 4.78 is 0. The number of fused-ring (bicyclic) bond motifs is 1. The number of amides is 1. The van der Waals surface area contributed by atoms with Crippen LogP contribution in [0.4, 0.5) is 5.69 Å². The van der Waals surface area contributed by atoms with Crippen LogP contribution in [-0.4, -0.2) is 5.91 Å². The lowest BCUT2D eigenvalue weighted by molar-refractivity contribution is -0.119. The second kappa shape index (κ2) is 3.09. The summed E-state index contributed by atoms with van der Waals surface area (Å²) in [6, 6.07) is 6.27. The van der Waals surface area contributed by atoms with Crippen LogP contribution in [-0.2, 0) is 15.6 Å². The molecule has 2 heteroatoms. The summed E-state index contributed by atoms with van der Waals surface area (Å²) in [7, 11) is 0. The van der Waals surface area contributed by atoms with Crippen molar-refractivity contribution in [1.82, 2.24) is 0 Å². The van der Waals surface area contributed by atoms with Crippen molar-refractivity contribution >= 4 is 11.6 Å². The molecule has 0 aromatic heterocycles. The highest BCUT2D eigenvalue weighted by Crippen LogP contribution is 2.39. The van der Waals surface area contributed by atoms with E-state index in [2.05, 4.69) is 38.2 Å². The Morgan fingerprint density at radius 3 is 2.38 bits per heavy atom. The lowest BCUT2D eigenvalue weighted by Crippen LogP contribution is -2.27. The maximum atomic E-state index is 11.8. The van der Waals surface area contributed by atoms with Crippen molar-refractivity contribution in [3.05, 3.63) is 29.3 Å². The number of anilines is 1. The number of carbonyl (C=O) groups excluding carboxylic acids is 1. The van der Waals surface area contributed by atoms with Crippen LogP contribution in [0.1, 0.15) is 45.7 Å². The zero-order valence-corrected chi connectivity index (χ0v) is 10.6. The first-order valence-corrected chi connectivity index (χ1v) is 5.69. The highest BCUT2D eigenvalue weighted by atomic mass is 16.2. The number of rotatable bonds is 0. The topological polar surface area (TPSA) is 29.1 Å². The van der Waals surface area contributed by atoms with Crippen molar-refractivity contribution in [2.45, 2.75) is 45.4 Å². The molecule has 0 aliphatic carbocycles. The van der Waals surface area contributed by atoms with Gasteiger partial charge in [0.05, 0.1) is 5.41 Å². The Morgan fingerprint density at radius 1 is 1.19 bits per heavy atom. The molecule has 16 heavy (non-hydrogen) atoms. The van der Waals surface area contributed by atoms with Crippen molar-refractivity contribution in [1.29, 1.82) is 0 Å². The summed E-state index contributed by atoms with van der Waals surface area (Å²) in [6.07, 6.45) is 0. The Labute approximate surface area is 97.1 Å². The van der Waals surface area contributed by atoms with Gasteiger partial charge in [0.25, 0.3) is 0 Å². The Bertz CT molecular complexity index is 452. The van der Waals surface area contributed by atoms with Crippen LogP contribution >= 0.6 is 0 Å². The Hall–Kier alpha value is -1.31. The highest BCUT2D eigenvalue weighted by molar-refractivity contribution is 6.05. The molecule has 1 amide bonds. The standard InChI is InChI=1S/C14H19NO/c1-13(2,3)9-6-7-11-10(8-9)14(4,5)12(16)15-11/h6-8H,1-5H3,(H,15,16). The molecular weight excluding hydrogens is 198 g/mol. The fourth-order valence-electron chi connectivity index (χ4n) is 2.04. The third-order valence-corrected chi connectivity index (χ3v) is 3.37. The van der Waals surface area contributed by atoms with Crippen LogP contribution in [0.5, 0.6) is 0 Å². The van der Waals surface area contributed by atoms with Gasteiger partial charge in [-0.2, -0.15) is 0 Å². The van der Waals surface area contributed by atoms with Crippen molar-refractivity contribution < 1.29 is 4.79 Å². The third-order valence-electron chi connectivity index (χ3n) is 3.37. The maximum absolute atomic E-state index is 11.8. The molecule has 0 unspecified atom stereocenters. The number of hydrogen-bond donors (Lipinski definition) is 1. The Kier molecular flexibility index (Phi) is 2.16. The number of hydrogen-bond acceptors (Lipinski definition) is 1. The molecule has 0 radical (unpaired) electrons. The molecule has 1 aromatic rings. The predicted octanol–water partition coefficient (Wildman–Crippen LogP) is 3.21. The number of nitrogens with one attached hydrogen (secondary N) is 1. The minimum atomic E-state index is -0.406. The van der Waals surface area contributed by atoms with E-state index in [9.17, 15) is 4.79 Å². The normalized spacial score (nSPS) is 18.2. The minimum absolute atomic E-state index is 0.0913. The first kappa shape index (κ1) is 11.2. The predicted molar refractivity (Wildman–Crippen MR) is 66.8 cm³/mol. The van der Waals surface area contributed by atoms with Crippen molar-refractivity contribution in [2.75, 3.05) is 5.32 Å².